The van der Waals surface area contributed by atoms with E-state index in [1.165, 1.54) is 29.4 Å². The molecule has 140 valence electrons. The van der Waals surface area contributed by atoms with Crippen LogP contribution in [0.2, 0.25) is 0 Å². The minimum Gasteiger partial charge on any atom is -0.497 e. The van der Waals surface area contributed by atoms with Crippen molar-refractivity contribution < 1.29 is 4.74 Å². The molecule has 1 N–H and O–H groups in total. The summed E-state index contributed by atoms with van der Waals surface area (Å²) in [5.74, 6) is 0.915. The second-order valence-corrected chi connectivity index (χ2v) is 6.38. The van der Waals surface area contributed by atoms with Crippen LogP contribution in [0.1, 0.15) is 5.56 Å². The molecule has 0 saturated carbocycles. The van der Waals surface area contributed by atoms with Crippen LogP contribution in [0.3, 0.4) is 0 Å². The van der Waals surface area contributed by atoms with Crippen LogP contribution in [0.15, 0.2) is 36.4 Å². The predicted octanol–water partition coefficient (Wildman–Crippen LogP) is 3.03. The number of rotatable bonds is 6. The highest BCUT2D eigenvalue weighted by molar-refractivity contribution is 5.86. The summed E-state index contributed by atoms with van der Waals surface area (Å²) in [5, 5.41) is 5.91. The number of ether oxygens (including phenoxy) is 1. The molecular weight excluding hydrogens is 357 g/mol. The number of likely N-dealkylation sites (N-methyl/N-ethyl adjacent to an activating group) is 1. The van der Waals surface area contributed by atoms with Gasteiger partial charge < -0.3 is 15.0 Å². The van der Waals surface area contributed by atoms with Crippen LogP contribution < -0.4 is 10.1 Å². The van der Waals surface area contributed by atoms with Gasteiger partial charge in [0.1, 0.15) is 5.75 Å². The van der Waals surface area contributed by atoms with Gasteiger partial charge in [0.25, 0.3) is 0 Å². The maximum atomic E-state index is 5.29. The Hall–Kier alpha value is -1.04. The van der Waals surface area contributed by atoms with Crippen molar-refractivity contribution in [2.75, 3.05) is 53.4 Å². The van der Waals surface area contributed by atoms with Crippen molar-refractivity contribution in [3.05, 3.63) is 42.0 Å². The van der Waals surface area contributed by atoms with Crippen LogP contribution in [0.4, 0.5) is 0 Å². The second-order valence-electron chi connectivity index (χ2n) is 6.38. The Bertz CT molecular complexity index is 648. The van der Waals surface area contributed by atoms with Crippen LogP contribution in [0, 0.1) is 0 Å². The third-order valence-electron chi connectivity index (χ3n) is 4.57. The van der Waals surface area contributed by atoms with Crippen LogP contribution >= 0.6 is 24.8 Å². The lowest BCUT2D eigenvalue weighted by Gasteiger charge is -2.29. The standard InChI is InChI=1S/C19H27N3O.2ClH/c1-21(11-12-22-9-7-20-8-10-22)15-16-3-4-18-14-19(23-2)6-5-17(18)13-16;;/h3-6,13-14,20H,7-12,15H2,1-2H3;2*1H. The molecule has 0 amide bonds. The molecule has 1 heterocycles. The summed E-state index contributed by atoms with van der Waals surface area (Å²) in [5.41, 5.74) is 1.37. The largest absolute Gasteiger partial charge is 0.497 e. The highest BCUT2D eigenvalue weighted by Crippen LogP contribution is 2.22. The molecule has 2 aromatic carbocycles. The van der Waals surface area contributed by atoms with E-state index in [0.29, 0.717) is 0 Å². The van der Waals surface area contributed by atoms with Crippen LogP contribution in [0.25, 0.3) is 10.8 Å². The maximum Gasteiger partial charge on any atom is 0.119 e. The van der Waals surface area contributed by atoms with Gasteiger partial charge in [-0.1, -0.05) is 18.2 Å². The molecule has 25 heavy (non-hydrogen) atoms. The molecule has 4 nitrogen and oxygen atoms in total. The summed E-state index contributed by atoms with van der Waals surface area (Å²) in [6, 6.07) is 13.0. The third kappa shape index (κ3) is 6.32. The fourth-order valence-electron chi connectivity index (χ4n) is 3.14. The first-order chi connectivity index (χ1) is 11.2. The van der Waals surface area contributed by atoms with Gasteiger partial charge >= 0.3 is 0 Å². The van der Waals surface area contributed by atoms with Crippen molar-refractivity contribution in [3.63, 3.8) is 0 Å². The first kappa shape index (κ1) is 22.0. The zero-order valence-corrected chi connectivity index (χ0v) is 16.7. The molecule has 0 aliphatic carbocycles. The Morgan fingerprint density at radius 3 is 2.44 bits per heavy atom. The summed E-state index contributed by atoms with van der Waals surface area (Å²) in [6.07, 6.45) is 0. The molecule has 0 radical (unpaired) electrons. The Morgan fingerprint density at radius 2 is 1.72 bits per heavy atom. The number of hydrogen-bond donors (Lipinski definition) is 1. The molecule has 0 atom stereocenters. The number of nitrogens with zero attached hydrogens (tertiary/aromatic N) is 2. The maximum absolute atomic E-state index is 5.29. The summed E-state index contributed by atoms with van der Waals surface area (Å²) in [7, 11) is 3.92. The van der Waals surface area contributed by atoms with Gasteiger partial charge in [0, 0.05) is 45.8 Å². The summed E-state index contributed by atoms with van der Waals surface area (Å²) >= 11 is 0. The molecule has 2 aromatic rings. The quantitative estimate of drug-likeness (QED) is 0.826. The minimum atomic E-state index is 0. The minimum absolute atomic E-state index is 0. The highest BCUT2D eigenvalue weighted by Gasteiger charge is 2.10. The topological polar surface area (TPSA) is 27.7 Å². The lowest BCUT2D eigenvalue weighted by atomic mass is 10.1. The summed E-state index contributed by atoms with van der Waals surface area (Å²) in [4.78, 5) is 4.95. The third-order valence-corrected chi connectivity index (χ3v) is 4.57. The van der Waals surface area contributed by atoms with E-state index in [0.717, 1.165) is 38.5 Å². The van der Waals surface area contributed by atoms with E-state index in [4.69, 9.17) is 4.74 Å². The van der Waals surface area contributed by atoms with Gasteiger partial charge in [0.2, 0.25) is 0 Å². The van der Waals surface area contributed by atoms with Crippen molar-refractivity contribution in [1.82, 2.24) is 15.1 Å². The number of benzene rings is 2. The smallest absolute Gasteiger partial charge is 0.119 e. The van der Waals surface area contributed by atoms with Crippen LogP contribution in [0.5, 0.6) is 5.75 Å². The molecule has 1 saturated heterocycles. The van der Waals surface area contributed by atoms with Gasteiger partial charge in [-0.05, 0) is 41.6 Å². The highest BCUT2D eigenvalue weighted by atomic mass is 35.5. The molecule has 0 aromatic heterocycles. The van der Waals surface area contributed by atoms with Gasteiger partial charge in [0.05, 0.1) is 7.11 Å². The van der Waals surface area contributed by atoms with Crippen molar-refractivity contribution >= 4 is 35.6 Å². The molecule has 0 bridgehead atoms. The van der Waals surface area contributed by atoms with E-state index in [2.05, 4.69) is 52.5 Å². The summed E-state index contributed by atoms with van der Waals surface area (Å²) < 4.78 is 5.29. The Kier molecular flexibility index (Phi) is 9.54. The van der Waals surface area contributed by atoms with Gasteiger partial charge in [-0.25, -0.2) is 0 Å². The van der Waals surface area contributed by atoms with Crippen molar-refractivity contribution in [2.24, 2.45) is 0 Å². The fourth-order valence-corrected chi connectivity index (χ4v) is 3.14. The Balaban J connectivity index is 0.00000156. The number of fused-ring (bicyclic) bond motifs is 1. The van der Waals surface area contributed by atoms with Crippen molar-refractivity contribution in [1.29, 1.82) is 0 Å². The van der Waals surface area contributed by atoms with Crippen molar-refractivity contribution in [2.45, 2.75) is 6.54 Å². The molecule has 1 aliphatic heterocycles. The lowest BCUT2D eigenvalue weighted by molar-refractivity contribution is 0.202. The van der Waals surface area contributed by atoms with Gasteiger partial charge in [-0.2, -0.15) is 0 Å². The zero-order valence-electron chi connectivity index (χ0n) is 15.0. The van der Waals surface area contributed by atoms with Crippen molar-refractivity contribution in [3.8, 4) is 5.75 Å². The Labute approximate surface area is 163 Å². The van der Waals surface area contributed by atoms with Crippen LogP contribution in [-0.2, 0) is 6.54 Å². The molecule has 6 heteroatoms. The van der Waals surface area contributed by atoms with Gasteiger partial charge in [-0.15, -0.1) is 24.8 Å². The van der Waals surface area contributed by atoms with E-state index in [9.17, 15) is 0 Å². The van der Waals surface area contributed by atoms with E-state index in [-0.39, 0.29) is 24.8 Å². The number of halogens is 2. The number of hydrogen-bond acceptors (Lipinski definition) is 4. The average Bonchev–Trinajstić information content (AvgIpc) is 2.60. The predicted molar refractivity (Wildman–Crippen MR) is 111 cm³/mol. The monoisotopic (exact) mass is 385 g/mol. The molecule has 0 spiro atoms. The lowest BCUT2D eigenvalue weighted by Crippen LogP contribution is -2.45. The fraction of sp³-hybridized carbons (Fsp3) is 0.474. The first-order valence-corrected chi connectivity index (χ1v) is 8.43. The Morgan fingerprint density at radius 1 is 1.04 bits per heavy atom. The molecular formula is C19H29Cl2N3O. The van der Waals surface area contributed by atoms with Crippen LogP contribution in [-0.4, -0.2) is 63.2 Å². The normalized spacial score (nSPS) is 14.8. The first-order valence-electron chi connectivity index (χ1n) is 8.43. The van der Waals surface area contributed by atoms with E-state index in [1.54, 1.807) is 7.11 Å². The second kappa shape index (κ2) is 10.8. The summed E-state index contributed by atoms with van der Waals surface area (Å²) in [6.45, 7) is 7.85. The van der Waals surface area contributed by atoms with Gasteiger partial charge in [-0.3, -0.25) is 4.90 Å². The van der Waals surface area contributed by atoms with E-state index >= 15 is 0 Å². The number of piperazine rings is 1. The zero-order chi connectivity index (χ0) is 16.1. The number of methoxy groups -OCH3 is 1. The SMILES string of the molecule is COc1ccc2cc(CN(C)CCN3CCNCC3)ccc2c1.Cl.Cl. The average molecular weight is 386 g/mol. The van der Waals surface area contributed by atoms with E-state index in [1.807, 2.05) is 6.07 Å². The molecule has 3 rings (SSSR count). The number of nitrogens with one attached hydrogen (secondary N) is 1. The van der Waals surface area contributed by atoms with Gasteiger partial charge in [0.15, 0.2) is 0 Å². The molecule has 1 fully saturated rings. The molecule has 0 unspecified atom stereocenters. The van der Waals surface area contributed by atoms with E-state index < -0.39 is 0 Å². The molecule has 1 aliphatic rings.